The van der Waals surface area contributed by atoms with Crippen LogP contribution in [-0.4, -0.2) is 18.7 Å². The number of nitrogens with one attached hydrogen (secondary N) is 1. The van der Waals surface area contributed by atoms with Crippen LogP contribution in [0.5, 0.6) is 5.75 Å². The molecular formula is C17H24BrNO. The van der Waals surface area contributed by atoms with E-state index in [4.69, 9.17) is 4.74 Å². The van der Waals surface area contributed by atoms with E-state index in [2.05, 4.69) is 54.2 Å². The molecule has 0 atom stereocenters. The van der Waals surface area contributed by atoms with Crippen LogP contribution in [0.3, 0.4) is 0 Å². The number of hydrogen-bond donors (Lipinski definition) is 1. The summed E-state index contributed by atoms with van der Waals surface area (Å²) in [6.07, 6.45) is 4.85. The number of hydrogen-bond acceptors (Lipinski definition) is 2. The lowest BCUT2D eigenvalue weighted by Gasteiger charge is -2.25. The third kappa shape index (κ3) is 3.20. The average molecular weight is 338 g/mol. The van der Waals surface area contributed by atoms with Gasteiger partial charge in [-0.25, -0.2) is 0 Å². The fourth-order valence-electron chi connectivity index (χ4n) is 2.93. The van der Waals surface area contributed by atoms with Crippen LogP contribution in [0.2, 0.25) is 0 Å². The molecule has 2 aliphatic rings. The Morgan fingerprint density at radius 2 is 2.05 bits per heavy atom. The van der Waals surface area contributed by atoms with Crippen molar-refractivity contribution in [2.75, 3.05) is 13.2 Å². The van der Waals surface area contributed by atoms with Crippen molar-refractivity contribution in [2.45, 2.75) is 52.0 Å². The Hall–Kier alpha value is -0.540. The van der Waals surface area contributed by atoms with E-state index in [1.807, 2.05) is 0 Å². The summed E-state index contributed by atoms with van der Waals surface area (Å²) in [5, 5.41) is 3.67. The summed E-state index contributed by atoms with van der Waals surface area (Å²) < 4.78 is 7.05. The smallest absolute Gasteiger partial charge is 0.125 e. The number of halogens is 1. The van der Waals surface area contributed by atoms with E-state index < -0.39 is 0 Å². The predicted octanol–water partition coefficient (Wildman–Crippen LogP) is 4.09. The molecule has 0 spiro atoms. The van der Waals surface area contributed by atoms with Crippen molar-refractivity contribution >= 4 is 15.9 Å². The van der Waals surface area contributed by atoms with Crippen LogP contribution in [0.1, 0.15) is 44.7 Å². The normalized spacial score (nSPS) is 19.6. The van der Waals surface area contributed by atoms with Crippen LogP contribution in [0.4, 0.5) is 0 Å². The second-order valence-corrected chi connectivity index (χ2v) is 8.35. The van der Waals surface area contributed by atoms with Gasteiger partial charge >= 0.3 is 0 Å². The van der Waals surface area contributed by atoms with Crippen molar-refractivity contribution < 1.29 is 4.74 Å². The number of benzene rings is 1. The fourth-order valence-corrected chi connectivity index (χ4v) is 3.48. The van der Waals surface area contributed by atoms with E-state index in [0.717, 1.165) is 31.7 Å². The summed E-state index contributed by atoms with van der Waals surface area (Å²) in [5.74, 6) is 1.16. The lowest BCUT2D eigenvalue weighted by Crippen LogP contribution is -2.40. The predicted molar refractivity (Wildman–Crippen MR) is 86.5 cm³/mol. The highest BCUT2D eigenvalue weighted by Crippen LogP contribution is 2.50. The first-order valence-electron chi connectivity index (χ1n) is 7.56. The fraction of sp³-hybridized carbons (Fsp3) is 0.647. The van der Waals surface area contributed by atoms with E-state index in [1.165, 1.54) is 28.4 Å². The quantitative estimate of drug-likeness (QED) is 0.893. The van der Waals surface area contributed by atoms with Gasteiger partial charge in [-0.15, -0.1) is 0 Å². The molecule has 1 heterocycles. The molecule has 1 aromatic rings. The van der Waals surface area contributed by atoms with Crippen LogP contribution in [0.15, 0.2) is 16.6 Å². The highest BCUT2D eigenvalue weighted by Gasteiger charge is 2.43. The first-order chi connectivity index (χ1) is 9.37. The van der Waals surface area contributed by atoms with Gasteiger partial charge in [0.2, 0.25) is 0 Å². The standard InChI is InChI=1S/C17H24BrNO/c1-16(2,3)19-11-17(5-6-17)10-13-9-14(18)8-12-4-7-20-15(12)13/h8-9,19H,4-7,10-11H2,1-3H3. The molecule has 20 heavy (non-hydrogen) atoms. The van der Waals surface area contributed by atoms with Crippen molar-refractivity contribution in [3.63, 3.8) is 0 Å². The number of fused-ring (bicyclic) bond motifs is 1. The van der Waals surface area contributed by atoms with Gasteiger partial charge in [0, 0.05) is 23.0 Å². The van der Waals surface area contributed by atoms with E-state index in [0.29, 0.717) is 5.41 Å². The van der Waals surface area contributed by atoms with Gasteiger partial charge in [-0.2, -0.15) is 0 Å². The second kappa shape index (κ2) is 5.03. The monoisotopic (exact) mass is 337 g/mol. The van der Waals surface area contributed by atoms with E-state index in [-0.39, 0.29) is 5.54 Å². The third-order valence-corrected chi connectivity index (χ3v) is 4.80. The van der Waals surface area contributed by atoms with E-state index in [9.17, 15) is 0 Å². The molecule has 0 radical (unpaired) electrons. The Labute approximate surface area is 130 Å². The maximum Gasteiger partial charge on any atom is 0.125 e. The molecule has 1 saturated carbocycles. The summed E-state index contributed by atoms with van der Waals surface area (Å²) in [4.78, 5) is 0. The molecule has 1 fully saturated rings. The molecular weight excluding hydrogens is 314 g/mol. The zero-order valence-electron chi connectivity index (χ0n) is 12.7. The molecule has 0 amide bonds. The van der Waals surface area contributed by atoms with Gasteiger partial charge in [0.25, 0.3) is 0 Å². The van der Waals surface area contributed by atoms with Gasteiger partial charge in [-0.1, -0.05) is 15.9 Å². The van der Waals surface area contributed by atoms with Crippen LogP contribution >= 0.6 is 15.9 Å². The first-order valence-corrected chi connectivity index (χ1v) is 8.35. The number of rotatable bonds is 4. The zero-order chi connectivity index (χ0) is 14.4. The van der Waals surface area contributed by atoms with Gasteiger partial charge in [0.1, 0.15) is 5.75 Å². The van der Waals surface area contributed by atoms with Gasteiger partial charge in [-0.3, -0.25) is 0 Å². The summed E-state index contributed by atoms with van der Waals surface area (Å²) in [5.41, 5.74) is 3.41. The molecule has 0 unspecified atom stereocenters. The van der Waals surface area contributed by atoms with Gasteiger partial charge in [-0.05, 0) is 68.7 Å². The Kier molecular flexibility index (Phi) is 3.62. The molecule has 3 heteroatoms. The Morgan fingerprint density at radius 1 is 1.30 bits per heavy atom. The molecule has 0 aromatic heterocycles. The molecule has 0 saturated heterocycles. The van der Waals surface area contributed by atoms with Gasteiger partial charge in [0.05, 0.1) is 6.61 Å². The second-order valence-electron chi connectivity index (χ2n) is 7.43. The maximum atomic E-state index is 5.86. The molecule has 1 N–H and O–H groups in total. The Balaban J connectivity index is 1.75. The van der Waals surface area contributed by atoms with Crippen molar-refractivity contribution in [1.29, 1.82) is 0 Å². The van der Waals surface area contributed by atoms with Crippen molar-refractivity contribution in [2.24, 2.45) is 5.41 Å². The van der Waals surface area contributed by atoms with Crippen LogP contribution in [-0.2, 0) is 12.8 Å². The average Bonchev–Trinajstić information content (AvgIpc) is 2.93. The summed E-state index contributed by atoms with van der Waals surface area (Å²) in [6.45, 7) is 8.67. The van der Waals surface area contributed by atoms with E-state index in [1.54, 1.807) is 0 Å². The lowest BCUT2D eigenvalue weighted by atomic mass is 9.93. The van der Waals surface area contributed by atoms with E-state index >= 15 is 0 Å². The zero-order valence-corrected chi connectivity index (χ0v) is 14.3. The minimum absolute atomic E-state index is 0.200. The maximum absolute atomic E-state index is 5.86. The molecule has 0 bridgehead atoms. The first kappa shape index (κ1) is 14.4. The number of ether oxygens (including phenoxy) is 1. The molecule has 1 aliphatic heterocycles. The molecule has 110 valence electrons. The molecule has 3 rings (SSSR count). The molecule has 2 nitrogen and oxygen atoms in total. The highest BCUT2D eigenvalue weighted by molar-refractivity contribution is 9.10. The third-order valence-electron chi connectivity index (χ3n) is 4.34. The van der Waals surface area contributed by atoms with Crippen LogP contribution in [0, 0.1) is 5.41 Å². The lowest BCUT2D eigenvalue weighted by molar-refractivity contribution is 0.338. The summed E-state index contributed by atoms with van der Waals surface area (Å²) >= 11 is 3.64. The molecule has 1 aromatic carbocycles. The van der Waals surface area contributed by atoms with Crippen molar-refractivity contribution in [3.05, 3.63) is 27.7 Å². The largest absolute Gasteiger partial charge is 0.493 e. The van der Waals surface area contributed by atoms with Crippen LogP contribution < -0.4 is 10.1 Å². The SMILES string of the molecule is CC(C)(C)NCC1(Cc2cc(Br)cc3c2OCC3)CC1. The molecule has 1 aliphatic carbocycles. The topological polar surface area (TPSA) is 21.3 Å². The Bertz CT molecular complexity index is 514. The minimum Gasteiger partial charge on any atom is -0.493 e. The summed E-state index contributed by atoms with van der Waals surface area (Å²) in [7, 11) is 0. The Morgan fingerprint density at radius 3 is 2.70 bits per heavy atom. The van der Waals surface area contributed by atoms with Crippen molar-refractivity contribution in [1.82, 2.24) is 5.32 Å². The van der Waals surface area contributed by atoms with Gasteiger partial charge in [0.15, 0.2) is 0 Å². The minimum atomic E-state index is 0.200. The van der Waals surface area contributed by atoms with Gasteiger partial charge < -0.3 is 10.1 Å². The highest BCUT2D eigenvalue weighted by atomic mass is 79.9. The summed E-state index contributed by atoms with van der Waals surface area (Å²) in [6, 6.07) is 4.46. The van der Waals surface area contributed by atoms with Crippen molar-refractivity contribution in [3.8, 4) is 5.75 Å². The van der Waals surface area contributed by atoms with Crippen LogP contribution in [0.25, 0.3) is 0 Å².